The predicted octanol–water partition coefficient (Wildman–Crippen LogP) is 26.9. The minimum Gasteiger partial charge on any atom is -0.456 e. The van der Waals surface area contributed by atoms with Crippen LogP contribution >= 0.6 is 0 Å². The number of hydrogen-bond acceptors (Lipinski definition) is 3. The van der Waals surface area contributed by atoms with Crippen LogP contribution in [0.15, 0.2) is 271 Å². The number of fused-ring (bicyclic) bond motifs is 10. The SMILES string of the molecule is CC(C)(C)c1cc(-c2ccc3c(c2)N(c2c(-c4ccccc4)ccc4oc5ccccc5c24)c2cc(-c4cc(C(C)(C)C)cc(C(C)(C)C)c4)cc4c2B3c2ccc(-c3cc(C(C)(C)C)cc(C(C)(C)C)c3)cc2N4c2c(-c3ccccc3)ccc3c2c2ccccc2n3-c2ccccc2)cc(C(C)(C)C)c1. The van der Waals surface area contributed by atoms with E-state index in [0.29, 0.717) is 0 Å². The van der Waals surface area contributed by atoms with E-state index in [0.717, 1.165) is 101 Å². The Kier molecular flexibility index (Phi) is 16.1. The van der Waals surface area contributed by atoms with Gasteiger partial charge in [-0.05, 0) is 193 Å². The van der Waals surface area contributed by atoms with Crippen LogP contribution in [-0.4, -0.2) is 11.3 Å². The number of hydrogen-bond donors (Lipinski definition) is 0. The normalized spacial score (nSPS) is 13.5. The second-order valence-corrected chi connectivity index (χ2v) is 36.7. The van der Waals surface area contributed by atoms with Crippen molar-refractivity contribution in [3.8, 4) is 61.3 Å². The molecule has 17 rings (SSSR count). The van der Waals surface area contributed by atoms with Gasteiger partial charge in [0.25, 0.3) is 6.71 Å². The highest BCUT2D eigenvalue weighted by Crippen LogP contribution is 2.56. The van der Waals surface area contributed by atoms with E-state index < -0.39 is 0 Å². The first-order valence-electron chi connectivity index (χ1n) is 38.6. The first kappa shape index (κ1) is 69.2. The Hall–Kier alpha value is -10.9. The highest BCUT2D eigenvalue weighted by Gasteiger charge is 2.46. The zero-order valence-corrected chi connectivity index (χ0v) is 65.7. The molecular formula is C102H98BN3O. The van der Waals surface area contributed by atoms with Gasteiger partial charge in [0.15, 0.2) is 0 Å². The molecular weight excluding hydrogens is 1290 g/mol. The fraction of sp³-hybridized carbons (Fsp3) is 0.235. The van der Waals surface area contributed by atoms with Crippen LogP contribution in [0.1, 0.15) is 158 Å². The molecule has 4 heterocycles. The molecule has 0 fully saturated rings. The monoisotopic (exact) mass is 1390 g/mol. The van der Waals surface area contributed by atoms with Crippen molar-refractivity contribution in [1.29, 1.82) is 0 Å². The molecule has 0 atom stereocenters. The summed E-state index contributed by atoms with van der Waals surface area (Å²) >= 11 is 0. The Balaban J connectivity index is 1.10. The van der Waals surface area contributed by atoms with Gasteiger partial charge < -0.3 is 18.8 Å². The van der Waals surface area contributed by atoms with Crippen LogP contribution in [0, 0.1) is 0 Å². The van der Waals surface area contributed by atoms with Gasteiger partial charge in [-0.2, -0.15) is 0 Å². The van der Waals surface area contributed by atoms with Crippen LogP contribution in [0.3, 0.4) is 0 Å². The third kappa shape index (κ3) is 11.9. The molecule has 107 heavy (non-hydrogen) atoms. The quantitative estimate of drug-likeness (QED) is 0.142. The Morgan fingerprint density at radius 1 is 0.262 bits per heavy atom. The van der Waals surface area contributed by atoms with Gasteiger partial charge in [-0.25, -0.2) is 0 Å². The van der Waals surface area contributed by atoms with Crippen LogP contribution < -0.4 is 26.2 Å². The number of rotatable bonds is 8. The van der Waals surface area contributed by atoms with E-state index in [-0.39, 0.29) is 39.2 Å². The Morgan fingerprint density at radius 2 is 0.626 bits per heavy atom. The third-order valence-electron chi connectivity index (χ3n) is 23.0. The Bertz CT molecular complexity index is 5970. The smallest absolute Gasteiger partial charge is 0.252 e. The lowest BCUT2D eigenvalue weighted by Gasteiger charge is -2.45. The topological polar surface area (TPSA) is 24.6 Å². The molecule has 0 amide bonds. The first-order chi connectivity index (χ1) is 50.8. The summed E-state index contributed by atoms with van der Waals surface area (Å²) in [5.74, 6) is 0. The molecule has 0 saturated carbocycles. The minimum atomic E-state index is -0.261. The highest BCUT2D eigenvalue weighted by atomic mass is 16.3. The third-order valence-corrected chi connectivity index (χ3v) is 23.0. The van der Waals surface area contributed by atoms with Crippen molar-refractivity contribution in [2.24, 2.45) is 0 Å². The molecule has 2 aliphatic rings. The van der Waals surface area contributed by atoms with Crippen molar-refractivity contribution in [1.82, 2.24) is 4.57 Å². The van der Waals surface area contributed by atoms with Gasteiger partial charge in [0.1, 0.15) is 11.2 Å². The number of anilines is 6. The predicted molar refractivity (Wildman–Crippen MR) is 461 cm³/mol. The maximum atomic E-state index is 7.14. The van der Waals surface area contributed by atoms with Crippen LogP contribution in [0.5, 0.6) is 0 Å². The summed E-state index contributed by atoms with van der Waals surface area (Å²) in [6.07, 6.45) is 0. The summed E-state index contributed by atoms with van der Waals surface area (Å²) in [4.78, 5) is 5.47. The molecule has 15 aromatic rings. The standard InChI is InChI=1S/C102H98BN3O/c1-97(2,3)71-50-67(51-72(60-71)98(4,5)6)65-42-46-82-86(56-65)105(95-78(63-32-22-19-23-33-63)44-48-85-92(95)80-38-28-30-40-84(80)104(85)77-36-26-21-27-37-77)88-58-70(69-54-75(101(13,14)15)62-76(55-69)102(16,17)18)59-89-94(88)103(82)83-47-43-66(68-52-73(99(7,8)9)61-74(53-68)100(10,11)12)57-87(83)106(89)96-79(64-34-24-20-25-35-64)45-49-91-93(96)81-39-29-31-41-90(81)107-91/h19-62H,1-18H3. The second-order valence-electron chi connectivity index (χ2n) is 36.7. The Morgan fingerprint density at radius 3 is 1.07 bits per heavy atom. The molecule has 0 aliphatic carbocycles. The van der Waals surface area contributed by atoms with Crippen molar-refractivity contribution < 1.29 is 4.42 Å². The van der Waals surface area contributed by atoms with Crippen LogP contribution in [0.4, 0.5) is 34.1 Å². The summed E-state index contributed by atoms with van der Waals surface area (Å²) in [5.41, 5.74) is 34.2. The van der Waals surface area contributed by atoms with Crippen LogP contribution in [0.25, 0.3) is 105 Å². The molecule has 0 spiro atoms. The molecule has 4 nitrogen and oxygen atoms in total. The van der Waals surface area contributed by atoms with Crippen molar-refractivity contribution >= 4 is 101 Å². The zero-order valence-electron chi connectivity index (χ0n) is 65.7. The lowest BCUT2D eigenvalue weighted by Crippen LogP contribution is -2.61. The van der Waals surface area contributed by atoms with Crippen LogP contribution in [0.2, 0.25) is 0 Å². The second kappa shape index (κ2) is 24.9. The molecule has 0 radical (unpaired) electrons. The molecule has 0 unspecified atom stereocenters. The van der Waals surface area contributed by atoms with E-state index in [1.807, 2.05) is 0 Å². The Labute approximate surface area is 634 Å². The molecule has 5 heteroatoms. The van der Waals surface area contributed by atoms with E-state index in [9.17, 15) is 0 Å². The fourth-order valence-corrected chi connectivity index (χ4v) is 16.8. The maximum Gasteiger partial charge on any atom is 0.252 e. The molecule has 530 valence electrons. The molecule has 2 aliphatic heterocycles. The number of furan rings is 1. The van der Waals surface area contributed by atoms with Gasteiger partial charge in [-0.1, -0.05) is 325 Å². The summed E-state index contributed by atoms with van der Waals surface area (Å²) < 4.78 is 9.64. The zero-order chi connectivity index (χ0) is 74.8. The lowest BCUT2D eigenvalue weighted by molar-refractivity contribution is 0.568. The van der Waals surface area contributed by atoms with Crippen molar-refractivity contribution in [3.05, 3.63) is 300 Å². The molecule has 0 N–H and O–H groups in total. The average molecular weight is 1390 g/mol. The van der Waals surface area contributed by atoms with Crippen LogP contribution in [-0.2, 0) is 32.5 Å². The minimum absolute atomic E-state index is 0.109. The van der Waals surface area contributed by atoms with E-state index in [4.69, 9.17) is 4.42 Å². The number of nitrogens with zero attached hydrogens (tertiary/aromatic N) is 3. The largest absolute Gasteiger partial charge is 0.456 e. The molecule has 13 aromatic carbocycles. The molecule has 0 saturated heterocycles. The maximum absolute atomic E-state index is 7.14. The summed E-state index contributed by atoms with van der Waals surface area (Å²) in [6.45, 7) is 42.2. The van der Waals surface area contributed by atoms with Gasteiger partial charge in [-0.15, -0.1) is 0 Å². The van der Waals surface area contributed by atoms with E-state index >= 15 is 0 Å². The summed E-state index contributed by atoms with van der Waals surface area (Å²) in [5, 5.41) is 4.50. The average Bonchev–Trinajstić information content (AvgIpc) is 1.59. The van der Waals surface area contributed by atoms with Gasteiger partial charge in [0.2, 0.25) is 0 Å². The lowest BCUT2D eigenvalue weighted by atomic mass is 9.33. The van der Waals surface area contributed by atoms with Crippen molar-refractivity contribution in [2.45, 2.75) is 157 Å². The fourth-order valence-electron chi connectivity index (χ4n) is 16.8. The number of benzene rings is 13. The van der Waals surface area contributed by atoms with Gasteiger partial charge in [-0.3, -0.25) is 0 Å². The van der Waals surface area contributed by atoms with Crippen molar-refractivity contribution in [2.75, 3.05) is 9.80 Å². The van der Waals surface area contributed by atoms with Gasteiger partial charge in [0, 0.05) is 55.7 Å². The van der Waals surface area contributed by atoms with E-state index in [1.165, 1.54) is 88.4 Å². The molecule has 2 aromatic heterocycles. The summed E-state index contributed by atoms with van der Waals surface area (Å²) in [6, 6.07) is 103. The van der Waals surface area contributed by atoms with E-state index in [1.54, 1.807) is 0 Å². The summed E-state index contributed by atoms with van der Waals surface area (Å²) in [7, 11) is 0. The van der Waals surface area contributed by atoms with E-state index in [2.05, 4.69) is 406 Å². The number of aromatic nitrogens is 1. The first-order valence-corrected chi connectivity index (χ1v) is 38.6. The number of para-hydroxylation sites is 3. The van der Waals surface area contributed by atoms with Gasteiger partial charge >= 0.3 is 0 Å². The highest BCUT2D eigenvalue weighted by molar-refractivity contribution is 7.00. The van der Waals surface area contributed by atoms with Gasteiger partial charge in [0.05, 0.1) is 27.8 Å². The van der Waals surface area contributed by atoms with Crippen molar-refractivity contribution in [3.63, 3.8) is 0 Å². The molecule has 0 bridgehead atoms.